The molecule has 16 heteroatoms. The lowest BCUT2D eigenvalue weighted by atomic mass is 10.2. The predicted molar refractivity (Wildman–Crippen MR) is 96.6 cm³/mol. The highest BCUT2D eigenvalue weighted by molar-refractivity contribution is 8.00. The van der Waals surface area contributed by atoms with Crippen LogP contribution in [0, 0.1) is 0 Å². The monoisotopic (exact) mass is 496 g/mol. The van der Waals surface area contributed by atoms with E-state index in [2.05, 4.69) is 20.4 Å². The van der Waals surface area contributed by atoms with E-state index < -0.39 is 59.7 Å². The third-order valence-corrected chi connectivity index (χ3v) is 4.38. The van der Waals surface area contributed by atoms with Crippen LogP contribution in [0.2, 0.25) is 0 Å². The maximum Gasteiger partial charge on any atom is 0.422 e. The minimum Gasteiger partial charge on any atom is -0.469 e. The number of nitrogens with one attached hydrogen (secondary N) is 3. The van der Waals surface area contributed by atoms with Crippen LogP contribution in [0.3, 0.4) is 0 Å². The summed E-state index contributed by atoms with van der Waals surface area (Å²) in [5, 5.41) is 5.01. The Morgan fingerprint density at radius 1 is 1.00 bits per heavy atom. The Balaban J connectivity index is 2.04. The Morgan fingerprint density at radius 2 is 1.62 bits per heavy atom. The molecule has 178 valence electrons. The Kier molecular flexibility index (Phi) is 7.79. The average Bonchev–Trinajstić information content (AvgIpc) is 2.63. The largest absolute Gasteiger partial charge is 0.469 e. The minimum atomic E-state index is -4.74. The van der Waals surface area contributed by atoms with Crippen molar-refractivity contribution in [2.75, 3.05) is 17.7 Å². The van der Waals surface area contributed by atoms with Gasteiger partial charge in [0.2, 0.25) is 5.96 Å². The van der Waals surface area contributed by atoms with Crippen LogP contribution in [0.4, 0.5) is 50.0 Å². The highest BCUT2D eigenvalue weighted by atomic mass is 32.2. The van der Waals surface area contributed by atoms with E-state index in [1.54, 1.807) is 0 Å². The lowest BCUT2D eigenvalue weighted by Gasteiger charge is -2.23. The molecule has 2 rings (SSSR count). The number of halogens is 9. The summed E-state index contributed by atoms with van der Waals surface area (Å²) in [5.74, 6) is -2.51. The van der Waals surface area contributed by atoms with Crippen LogP contribution < -0.4 is 16.0 Å². The van der Waals surface area contributed by atoms with Crippen molar-refractivity contribution < 1.29 is 49.0 Å². The first-order chi connectivity index (χ1) is 14.6. The van der Waals surface area contributed by atoms with Gasteiger partial charge < -0.3 is 10.1 Å². The summed E-state index contributed by atoms with van der Waals surface area (Å²) < 4.78 is 116. The predicted octanol–water partition coefficient (Wildman–Crippen LogP) is 4.83. The van der Waals surface area contributed by atoms with Crippen LogP contribution in [-0.2, 0) is 10.9 Å². The minimum absolute atomic E-state index is 0.0704. The first kappa shape index (κ1) is 25.5. The number of urea groups is 1. The van der Waals surface area contributed by atoms with Crippen molar-refractivity contribution in [3.05, 3.63) is 41.8 Å². The fourth-order valence-electron chi connectivity index (χ4n) is 2.07. The van der Waals surface area contributed by atoms with E-state index >= 15 is 0 Å². The van der Waals surface area contributed by atoms with Gasteiger partial charge in [0, 0.05) is 11.8 Å². The summed E-state index contributed by atoms with van der Waals surface area (Å²) in [7, 11) is 0. The zero-order valence-corrected chi connectivity index (χ0v) is 16.3. The van der Waals surface area contributed by atoms with Crippen molar-refractivity contribution in [3.8, 4) is 0 Å². The molecule has 1 aliphatic heterocycles. The van der Waals surface area contributed by atoms with Gasteiger partial charge in [0.15, 0.2) is 12.5 Å². The zero-order valence-electron chi connectivity index (χ0n) is 15.5. The van der Waals surface area contributed by atoms with Gasteiger partial charge in [-0.25, -0.2) is 9.79 Å². The SMILES string of the molecule is O=C(NC1=NC(SCC(F)(F)F)C=C(OCC(F)(F)F)N1)Nc1ccc(C(F)(F)F)cc1. The molecule has 3 N–H and O–H groups in total. The van der Waals surface area contributed by atoms with Gasteiger partial charge in [0.05, 0.1) is 11.3 Å². The molecule has 2 amide bonds. The molecule has 0 aromatic heterocycles. The van der Waals surface area contributed by atoms with E-state index in [1.165, 1.54) is 0 Å². The third kappa shape index (κ3) is 9.15. The number of hydrogen-bond donors (Lipinski definition) is 3. The molecule has 1 aliphatic rings. The normalized spacial score (nSPS) is 17.1. The second kappa shape index (κ2) is 9.79. The molecule has 6 nitrogen and oxygen atoms in total. The second-order valence-corrected chi connectivity index (χ2v) is 7.11. The zero-order chi connectivity index (χ0) is 24.2. The summed E-state index contributed by atoms with van der Waals surface area (Å²) >= 11 is 0.212. The van der Waals surface area contributed by atoms with Gasteiger partial charge in [-0.3, -0.25) is 10.6 Å². The number of nitrogens with zero attached hydrogens (tertiary/aromatic N) is 1. The van der Waals surface area contributed by atoms with Crippen molar-refractivity contribution in [2.24, 2.45) is 4.99 Å². The van der Waals surface area contributed by atoms with E-state index in [-0.39, 0.29) is 17.4 Å². The lowest BCUT2D eigenvalue weighted by Crippen LogP contribution is -2.45. The Morgan fingerprint density at radius 3 is 2.16 bits per heavy atom. The summed E-state index contributed by atoms with van der Waals surface area (Å²) in [6.45, 7) is -1.76. The number of carbonyl (C=O) groups is 1. The maximum atomic E-state index is 12.6. The molecule has 0 radical (unpaired) electrons. The van der Waals surface area contributed by atoms with Gasteiger partial charge in [-0.15, -0.1) is 11.8 Å². The van der Waals surface area contributed by atoms with Crippen LogP contribution in [0.1, 0.15) is 5.56 Å². The van der Waals surface area contributed by atoms with Gasteiger partial charge in [0.25, 0.3) is 0 Å². The summed E-state index contributed by atoms with van der Waals surface area (Å²) in [6.07, 6.45) is -13.1. The van der Waals surface area contributed by atoms with E-state index in [0.717, 1.165) is 18.2 Å². The Hall–Kier alpha value is -2.78. The number of thioether (sulfide) groups is 1. The number of hydrogen-bond acceptors (Lipinski definition) is 5. The van der Waals surface area contributed by atoms with Gasteiger partial charge in [0.1, 0.15) is 5.37 Å². The van der Waals surface area contributed by atoms with Gasteiger partial charge in [-0.2, -0.15) is 39.5 Å². The molecule has 0 bridgehead atoms. The van der Waals surface area contributed by atoms with Crippen molar-refractivity contribution >= 4 is 29.4 Å². The third-order valence-electron chi connectivity index (χ3n) is 3.30. The van der Waals surface area contributed by atoms with Crippen molar-refractivity contribution in [2.45, 2.75) is 23.9 Å². The quantitative estimate of drug-likeness (QED) is 0.511. The van der Waals surface area contributed by atoms with Crippen molar-refractivity contribution in [1.29, 1.82) is 0 Å². The van der Waals surface area contributed by atoms with Gasteiger partial charge in [-0.05, 0) is 24.3 Å². The van der Waals surface area contributed by atoms with Crippen LogP contribution in [0.15, 0.2) is 41.2 Å². The standard InChI is InChI=1S/C16H13F9N4O2S/c17-14(18,19)6-31-10-5-11(32-7-15(20,21)22)28-12(27-10)29-13(30)26-9-3-1-8(2-4-9)16(23,24)25/h1-5,11H,6-7H2,(H3,26,27,28,29,30). The Labute approximate surface area is 178 Å². The number of benzene rings is 1. The second-order valence-electron chi connectivity index (χ2n) is 6.01. The highest BCUT2D eigenvalue weighted by Crippen LogP contribution is 2.30. The van der Waals surface area contributed by atoms with E-state index in [9.17, 15) is 44.3 Å². The smallest absolute Gasteiger partial charge is 0.422 e. The number of amides is 2. The number of carbonyl (C=O) groups excluding carboxylic acids is 1. The summed E-state index contributed by atoms with van der Waals surface area (Å²) in [6, 6.07) is 2.20. The number of ether oxygens (including phenoxy) is 1. The van der Waals surface area contributed by atoms with E-state index in [4.69, 9.17) is 0 Å². The van der Waals surface area contributed by atoms with Crippen molar-refractivity contribution in [1.82, 2.24) is 10.6 Å². The number of rotatable bonds is 5. The van der Waals surface area contributed by atoms with Crippen LogP contribution in [-0.4, -0.2) is 42.1 Å². The number of anilines is 1. The molecule has 1 aromatic rings. The summed E-state index contributed by atoms with van der Waals surface area (Å²) in [5.41, 5.74) is -1.04. The number of guanidine groups is 1. The maximum absolute atomic E-state index is 12.6. The first-order valence-corrected chi connectivity index (χ1v) is 9.35. The number of alkyl halides is 9. The lowest BCUT2D eigenvalue weighted by molar-refractivity contribution is -0.165. The van der Waals surface area contributed by atoms with E-state index in [1.807, 2.05) is 5.32 Å². The topological polar surface area (TPSA) is 74.8 Å². The van der Waals surface area contributed by atoms with Crippen molar-refractivity contribution in [3.63, 3.8) is 0 Å². The molecule has 0 spiro atoms. The molecule has 0 saturated carbocycles. The molecule has 1 unspecified atom stereocenters. The fourth-order valence-corrected chi connectivity index (χ4v) is 2.83. The van der Waals surface area contributed by atoms with Crippen LogP contribution in [0.25, 0.3) is 0 Å². The average molecular weight is 496 g/mol. The molecule has 1 heterocycles. The van der Waals surface area contributed by atoms with Crippen LogP contribution in [0.5, 0.6) is 0 Å². The molecular formula is C16H13F9N4O2S. The first-order valence-electron chi connectivity index (χ1n) is 8.30. The molecule has 0 saturated heterocycles. The van der Waals surface area contributed by atoms with Gasteiger partial charge >= 0.3 is 24.6 Å². The van der Waals surface area contributed by atoms with Gasteiger partial charge in [-0.1, -0.05) is 0 Å². The molecule has 1 aromatic carbocycles. The summed E-state index contributed by atoms with van der Waals surface area (Å²) in [4.78, 5) is 15.7. The van der Waals surface area contributed by atoms with Crippen LogP contribution >= 0.6 is 11.8 Å². The van der Waals surface area contributed by atoms with E-state index in [0.29, 0.717) is 12.1 Å². The fraction of sp³-hybridized carbons (Fsp3) is 0.375. The highest BCUT2D eigenvalue weighted by Gasteiger charge is 2.32. The molecule has 1 atom stereocenters. The molecular weight excluding hydrogens is 483 g/mol. The molecule has 0 aliphatic carbocycles. The Bertz CT molecular complexity index is 864. The number of aliphatic imine (C=N–C) groups is 1. The molecule has 32 heavy (non-hydrogen) atoms. The molecule has 0 fully saturated rings.